The van der Waals surface area contributed by atoms with Crippen LogP contribution in [0.3, 0.4) is 0 Å². The van der Waals surface area contributed by atoms with Crippen molar-refractivity contribution in [1.82, 2.24) is 0 Å². The molecule has 0 aromatic rings. The van der Waals surface area contributed by atoms with Crippen molar-refractivity contribution in [1.29, 1.82) is 0 Å². The van der Waals surface area contributed by atoms with Gasteiger partial charge in [0.15, 0.2) is 6.10 Å². The van der Waals surface area contributed by atoms with E-state index in [0.29, 0.717) is 38.5 Å². The van der Waals surface area contributed by atoms with Crippen LogP contribution in [-0.2, 0) is 32.7 Å². The van der Waals surface area contributed by atoms with Gasteiger partial charge in [0.2, 0.25) is 0 Å². The lowest BCUT2D eigenvalue weighted by Crippen LogP contribution is -2.64. The van der Waals surface area contributed by atoms with Crippen LogP contribution in [0, 0.1) is 0 Å². The van der Waals surface area contributed by atoms with Crippen molar-refractivity contribution in [3.8, 4) is 0 Å². The molecule has 15 nitrogen and oxygen atoms in total. The molecule has 0 aromatic heterocycles. The molecular formula is C45H85O15P. The second kappa shape index (κ2) is 35.8. The zero-order valence-electron chi connectivity index (χ0n) is 37.4. The number of phosphoric ester groups is 1. The number of rotatable bonds is 39. The number of aliphatic hydroxyl groups excluding tert-OH is 7. The van der Waals surface area contributed by atoms with Crippen LogP contribution < -0.4 is 0 Å². The van der Waals surface area contributed by atoms with Gasteiger partial charge in [-0.05, 0) is 38.5 Å². The van der Waals surface area contributed by atoms with Crippen LogP contribution in [0.4, 0.5) is 0 Å². The average molecular weight is 897 g/mol. The quantitative estimate of drug-likeness (QED) is 0.0134. The summed E-state index contributed by atoms with van der Waals surface area (Å²) in [6, 6.07) is 0. The highest BCUT2D eigenvalue weighted by Crippen LogP contribution is 2.47. The SMILES string of the molecule is CCCCC/C=C\C[C@H](O)[C@@H](O)CCCCCCCC(=O)O[C@H](COC(=O)CCCCCCCCCCCCCCCCC)COP(=O)(O)OC1[C@H](O)[C@H](O)C(O)[C@H](O)[C@H]1O. The molecule has 0 bridgehead atoms. The maximum absolute atomic E-state index is 12.8. The Balaban J connectivity index is 2.50. The number of hydrogen-bond donors (Lipinski definition) is 8. The zero-order valence-corrected chi connectivity index (χ0v) is 38.3. The Hall–Kier alpha value is -1.49. The lowest BCUT2D eigenvalue weighted by atomic mass is 9.85. The molecule has 1 fully saturated rings. The van der Waals surface area contributed by atoms with Crippen LogP contribution in [0.5, 0.6) is 0 Å². The molecule has 0 aromatic carbocycles. The van der Waals surface area contributed by atoms with Gasteiger partial charge in [-0.1, -0.05) is 154 Å². The smallest absolute Gasteiger partial charge is 0.462 e. The summed E-state index contributed by atoms with van der Waals surface area (Å²) < 4.78 is 33.4. The number of hydrogen-bond acceptors (Lipinski definition) is 14. The zero-order chi connectivity index (χ0) is 45.3. The van der Waals surface area contributed by atoms with Gasteiger partial charge in [-0.15, -0.1) is 0 Å². The lowest BCUT2D eigenvalue weighted by molar-refractivity contribution is -0.220. The monoisotopic (exact) mass is 897 g/mol. The Bertz CT molecular complexity index is 1160. The first-order valence-corrected chi connectivity index (χ1v) is 25.2. The molecule has 8 N–H and O–H groups in total. The summed E-state index contributed by atoms with van der Waals surface area (Å²) >= 11 is 0. The minimum absolute atomic E-state index is 0.00134. The lowest BCUT2D eigenvalue weighted by Gasteiger charge is -2.41. The predicted octanol–water partition coefficient (Wildman–Crippen LogP) is 7.00. The second-order valence-corrected chi connectivity index (χ2v) is 18.3. The van der Waals surface area contributed by atoms with Gasteiger partial charge < -0.3 is 50.1 Å². The largest absolute Gasteiger partial charge is 0.472 e. The highest BCUT2D eigenvalue weighted by molar-refractivity contribution is 7.47. The minimum atomic E-state index is -5.15. The highest BCUT2D eigenvalue weighted by Gasteiger charge is 2.51. The van der Waals surface area contributed by atoms with Crippen molar-refractivity contribution >= 4 is 19.8 Å². The molecule has 0 saturated heterocycles. The highest BCUT2D eigenvalue weighted by atomic mass is 31.2. The molecular weight excluding hydrogens is 811 g/mol. The van der Waals surface area contributed by atoms with Crippen LogP contribution in [0.2, 0.25) is 0 Å². The van der Waals surface area contributed by atoms with Crippen molar-refractivity contribution in [2.24, 2.45) is 0 Å². The van der Waals surface area contributed by atoms with Crippen molar-refractivity contribution in [3.63, 3.8) is 0 Å². The van der Waals surface area contributed by atoms with Crippen LogP contribution in [0.15, 0.2) is 12.2 Å². The molecule has 360 valence electrons. The first-order chi connectivity index (χ1) is 29.2. The van der Waals surface area contributed by atoms with Gasteiger partial charge in [-0.3, -0.25) is 18.6 Å². The molecule has 1 aliphatic rings. The summed E-state index contributed by atoms with van der Waals surface area (Å²) in [7, 11) is -5.15. The molecule has 3 unspecified atom stereocenters. The van der Waals surface area contributed by atoms with Crippen LogP contribution in [0.1, 0.15) is 194 Å². The molecule has 0 amide bonds. The van der Waals surface area contributed by atoms with Crippen molar-refractivity contribution in [2.45, 2.75) is 249 Å². The van der Waals surface area contributed by atoms with E-state index < -0.39 is 87.9 Å². The third-order valence-electron chi connectivity index (χ3n) is 11.3. The number of phosphoric acid groups is 1. The molecule has 0 aliphatic heterocycles. The Morgan fingerprint density at radius 2 is 1.00 bits per heavy atom. The Morgan fingerprint density at radius 1 is 0.557 bits per heavy atom. The number of carbonyl (C=O) groups is 2. The van der Waals surface area contributed by atoms with Gasteiger partial charge >= 0.3 is 19.8 Å². The molecule has 1 aliphatic carbocycles. The number of allylic oxidation sites excluding steroid dienone is 1. The fraction of sp³-hybridized carbons (Fsp3) is 0.911. The summed E-state index contributed by atoms with van der Waals surface area (Å²) in [5.41, 5.74) is 0. The number of unbranched alkanes of at least 4 members (excludes halogenated alkanes) is 21. The minimum Gasteiger partial charge on any atom is -0.462 e. The first kappa shape index (κ1) is 57.5. The van der Waals surface area contributed by atoms with Gasteiger partial charge in [0.1, 0.15) is 43.2 Å². The summed E-state index contributed by atoms with van der Waals surface area (Å²) in [4.78, 5) is 35.7. The Labute approximate surface area is 366 Å². The van der Waals surface area contributed by atoms with Gasteiger partial charge in [-0.25, -0.2) is 4.57 Å². The Morgan fingerprint density at radius 3 is 1.52 bits per heavy atom. The number of esters is 2. The Kier molecular flexibility index (Phi) is 33.8. The topological polar surface area (TPSA) is 250 Å². The number of ether oxygens (including phenoxy) is 2. The van der Waals surface area contributed by atoms with Gasteiger partial charge in [0.05, 0.1) is 18.8 Å². The van der Waals surface area contributed by atoms with Gasteiger partial charge in [0, 0.05) is 12.8 Å². The van der Waals surface area contributed by atoms with Crippen LogP contribution in [-0.4, -0.2) is 121 Å². The van der Waals surface area contributed by atoms with Crippen molar-refractivity contribution < 1.29 is 73.3 Å². The third-order valence-corrected chi connectivity index (χ3v) is 12.3. The summed E-state index contributed by atoms with van der Waals surface area (Å²) in [5.74, 6) is -1.20. The first-order valence-electron chi connectivity index (χ1n) is 23.7. The molecule has 1 rings (SSSR count). The van der Waals surface area contributed by atoms with Gasteiger partial charge in [0.25, 0.3) is 0 Å². The molecule has 0 heterocycles. The molecule has 1 saturated carbocycles. The van der Waals surface area contributed by atoms with E-state index >= 15 is 0 Å². The van der Waals surface area contributed by atoms with E-state index in [1.165, 1.54) is 77.0 Å². The normalized spacial score (nSPS) is 23.1. The summed E-state index contributed by atoms with van der Waals surface area (Å²) in [5, 5.41) is 70.6. The van der Waals surface area contributed by atoms with Gasteiger partial charge in [-0.2, -0.15) is 0 Å². The van der Waals surface area contributed by atoms with E-state index in [0.717, 1.165) is 51.4 Å². The van der Waals surface area contributed by atoms with E-state index in [-0.39, 0.29) is 12.8 Å². The third kappa shape index (κ3) is 28.1. The van der Waals surface area contributed by atoms with E-state index in [2.05, 4.69) is 13.8 Å². The summed E-state index contributed by atoms with van der Waals surface area (Å²) in [6.07, 6.45) is 15.6. The van der Waals surface area contributed by atoms with Crippen molar-refractivity contribution in [2.75, 3.05) is 13.2 Å². The van der Waals surface area contributed by atoms with Crippen molar-refractivity contribution in [3.05, 3.63) is 12.2 Å². The molecule has 16 heteroatoms. The average Bonchev–Trinajstić information content (AvgIpc) is 3.23. The standard InChI is InChI=1S/C45H85O15P/c1-3-5-7-9-11-12-13-14-15-16-17-18-19-23-27-31-38(48)57-33-35(34-58-61(55,56)60-45-43(53)41(51)40(50)42(52)44(45)54)59-39(49)32-28-24-20-22-26-30-37(47)36(46)29-25-21-10-8-6-4-2/h21,25,35-37,40-47,50-54H,3-20,22-24,26-34H2,1-2H3,(H,55,56)/b25-21-/t35-,36+,37+,40?,41-,42+,43-,44-,45?/m1/s1. The van der Waals surface area contributed by atoms with E-state index in [9.17, 15) is 54.8 Å². The molecule has 61 heavy (non-hydrogen) atoms. The van der Waals surface area contributed by atoms with E-state index in [1.807, 2.05) is 12.2 Å². The fourth-order valence-corrected chi connectivity index (χ4v) is 8.28. The van der Waals surface area contributed by atoms with E-state index in [1.54, 1.807) is 0 Å². The predicted molar refractivity (Wildman–Crippen MR) is 233 cm³/mol. The van der Waals surface area contributed by atoms with Crippen LogP contribution >= 0.6 is 7.82 Å². The number of carbonyl (C=O) groups excluding carboxylic acids is 2. The maximum Gasteiger partial charge on any atom is 0.472 e. The van der Waals surface area contributed by atoms with E-state index in [4.69, 9.17) is 18.5 Å². The maximum atomic E-state index is 12.8. The molecule has 10 atom stereocenters. The molecule has 0 radical (unpaired) electrons. The molecule has 0 spiro atoms. The van der Waals surface area contributed by atoms with Crippen LogP contribution in [0.25, 0.3) is 0 Å². The number of aliphatic hydroxyl groups is 7. The second-order valence-electron chi connectivity index (χ2n) is 16.9. The summed E-state index contributed by atoms with van der Waals surface area (Å²) in [6.45, 7) is 3.12. The fourth-order valence-electron chi connectivity index (χ4n) is 7.31.